The van der Waals surface area contributed by atoms with E-state index in [0.717, 1.165) is 12.1 Å². The van der Waals surface area contributed by atoms with Crippen LogP contribution in [0, 0.1) is 0 Å². The van der Waals surface area contributed by atoms with E-state index in [4.69, 9.17) is 34.8 Å². The molecule has 0 aliphatic heterocycles. The van der Waals surface area contributed by atoms with E-state index in [0.29, 0.717) is 27.7 Å². The molecule has 1 aromatic carbocycles. The smallest absolute Gasteiger partial charge is 0.0652 e. The molecule has 0 aliphatic rings. The SMILES string of the molecule is CC(CN(C)C)NCc1c(Cl)ccc(Cl)c1Cl. The van der Waals surface area contributed by atoms with Gasteiger partial charge in [-0.2, -0.15) is 0 Å². The average molecular weight is 296 g/mol. The van der Waals surface area contributed by atoms with Crippen molar-refractivity contribution in [1.29, 1.82) is 0 Å². The molecule has 1 aromatic rings. The zero-order valence-corrected chi connectivity index (χ0v) is 12.5. The predicted molar refractivity (Wildman–Crippen MR) is 76.3 cm³/mol. The first-order valence-electron chi connectivity index (χ1n) is 5.42. The Bertz CT molecular complexity index is 380. The van der Waals surface area contributed by atoms with Gasteiger partial charge in [-0.05, 0) is 33.2 Å². The van der Waals surface area contributed by atoms with Crippen LogP contribution >= 0.6 is 34.8 Å². The molecule has 0 saturated carbocycles. The van der Waals surface area contributed by atoms with Crippen LogP contribution in [0.1, 0.15) is 12.5 Å². The Labute approximate surface area is 118 Å². The number of benzene rings is 1. The van der Waals surface area contributed by atoms with Gasteiger partial charge in [-0.25, -0.2) is 0 Å². The van der Waals surface area contributed by atoms with Crippen molar-refractivity contribution in [3.8, 4) is 0 Å². The molecule has 2 nitrogen and oxygen atoms in total. The highest BCUT2D eigenvalue weighted by atomic mass is 35.5. The molecule has 0 aliphatic carbocycles. The van der Waals surface area contributed by atoms with Crippen LogP contribution in [0.4, 0.5) is 0 Å². The molecule has 17 heavy (non-hydrogen) atoms. The quantitative estimate of drug-likeness (QED) is 0.834. The second-order valence-corrected chi connectivity index (χ2v) is 5.56. The van der Waals surface area contributed by atoms with Gasteiger partial charge in [-0.3, -0.25) is 0 Å². The Morgan fingerprint density at radius 2 is 1.76 bits per heavy atom. The lowest BCUT2D eigenvalue weighted by atomic mass is 10.2. The topological polar surface area (TPSA) is 15.3 Å². The van der Waals surface area contributed by atoms with Crippen LogP contribution < -0.4 is 5.32 Å². The van der Waals surface area contributed by atoms with Gasteiger partial charge in [0.2, 0.25) is 0 Å². The Morgan fingerprint density at radius 1 is 1.18 bits per heavy atom. The van der Waals surface area contributed by atoms with Crippen molar-refractivity contribution in [2.75, 3.05) is 20.6 Å². The molecule has 1 N–H and O–H groups in total. The zero-order valence-electron chi connectivity index (χ0n) is 10.2. The maximum Gasteiger partial charge on any atom is 0.0652 e. The van der Waals surface area contributed by atoms with E-state index < -0.39 is 0 Å². The van der Waals surface area contributed by atoms with E-state index in [-0.39, 0.29) is 0 Å². The van der Waals surface area contributed by atoms with E-state index in [1.807, 2.05) is 14.1 Å². The van der Waals surface area contributed by atoms with Crippen molar-refractivity contribution < 1.29 is 0 Å². The summed E-state index contributed by atoms with van der Waals surface area (Å²) in [5.74, 6) is 0. The van der Waals surface area contributed by atoms with E-state index in [9.17, 15) is 0 Å². The van der Waals surface area contributed by atoms with Crippen LogP contribution in [-0.2, 0) is 6.54 Å². The number of hydrogen-bond acceptors (Lipinski definition) is 2. The summed E-state index contributed by atoms with van der Waals surface area (Å²) in [5.41, 5.74) is 0.853. The highest BCUT2D eigenvalue weighted by Crippen LogP contribution is 2.31. The van der Waals surface area contributed by atoms with Gasteiger partial charge >= 0.3 is 0 Å². The van der Waals surface area contributed by atoms with Gasteiger partial charge in [0, 0.05) is 29.7 Å². The summed E-state index contributed by atoms with van der Waals surface area (Å²) in [7, 11) is 4.08. The summed E-state index contributed by atoms with van der Waals surface area (Å²) in [6, 6.07) is 3.83. The second kappa shape index (κ2) is 6.81. The first kappa shape index (κ1) is 15.1. The molecule has 0 fully saturated rings. The Hall–Kier alpha value is 0.01000. The molecule has 1 unspecified atom stereocenters. The fraction of sp³-hybridized carbons (Fsp3) is 0.500. The average Bonchev–Trinajstić information content (AvgIpc) is 2.23. The van der Waals surface area contributed by atoms with E-state index in [1.165, 1.54) is 0 Å². The van der Waals surface area contributed by atoms with Gasteiger partial charge in [0.1, 0.15) is 0 Å². The van der Waals surface area contributed by atoms with Crippen LogP contribution in [-0.4, -0.2) is 31.6 Å². The van der Waals surface area contributed by atoms with E-state index in [2.05, 4.69) is 17.1 Å². The Balaban J connectivity index is 2.66. The molecule has 1 rings (SSSR count). The predicted octanol–water partition coefficient (Wildman–Crippen LogP) is 3.69. The van der Waals surface area contributed by atoms with Crippen molar-refractivity contribution in [3.63, 3.8) is 0 Å². The lowest BCUT2D eigenvalue weighted by Crippen LogP contribution is -2.35. The molecule has 0 amide bonds. The lowest BCUT2D eigenvalue weighted by Gasteiger charge is -2.19. The minimum Gasteiger partial charge on any atom is -0.309 e. The monoisotopic (exact) mass is 294 g/mol. The highest BCUT2D eigenvalue weighted by molar-refractivity contribution is 6.44. The molecule has 0 spiro atoms. The number of hydrogen-bond donors (Lipinski definition) is 1. The maximum atomic E-state index is 6.12. The third-order valence-electron chi connectivity index (χ3n) is 2.41. The van der Waals surface area contributed by atoms with Gasteiger partial charge in [0.25, 0.3) is 0 Å². The van der Waals surface area contributed by atoms with Crippen LogP contribution in [0.5, 0.6) is 0 Å². The van der Waals surface area contributed by atoms with Gasteiger partial charge in [0.15, 0.2) is 0 Å². The summed E-state index contributed by atoms with van der Waals surface area (Å²) in [5, 5.41) is 5.08. The van der Waals surface area contributed by atoms with Gasteiger partial charge in [-0.15, -0.1) is 0 Å². The minimum atomic E-state index is 0.358. The summed E-state index contributed by atoms with van der Waals surface area (Å²) >= 11 is 18.2. The second-order valence-electron chi connectivity index (χ2n) is 4.37. The largest absolute Gasteiger partial charge is 0.309 e. The summed E-state index contributed by atoms with van der Waals surface area (Å²) < 4.78 is 0. The fourth-order valence-corrected chi connectivity index (χ4v) is 2.30. The molecule has 0 saturated heterocycles. The fourth-order valence-electron chi connectivity index (χ4n) is 1.62. The molecule has 5 heteroatoms. The first-order chi connectivity index (χ1) is 7.91. The zero-order chi connectivity index (χ0) is 13.0. The molecule has 1 atom stereocenters. The minimum absolute atomic E-state index is 0.358. The summed E-state index contributed by atoms with van der Waals surface area (Å²) in [6.07, 6.45) is 0. The number of nitrogens with one attached hydrogen (secondary N) is 1. The molecule has 96 valence electrons. The normalized spacial score (nSPS) is 13.1. The van der Waals surface area contributed by atoms with E-state index in [1.54, 1.807) is 12.1 Å². The van der Waals surface area contributed by atoms with Crippen LogP contribution in [0.25, 0.3) is 0 Å². The van der Waals surface area contributed by atoms with Gasteiger partial charge in [0.05, 0.1) is 10.0 Å². The molecular weight excluding hydrogens is 279 g/mol. The number of likely N-dealkylation sites (N-methyl/N-ethyl adjacent to an activating group) is 1. The van der Waals surface area contributed by atoms with Crippen molar-refractivity contribution in [2.24, 2.45) is 0 Å². The first-order valence-corrected chi connectivity index (χ1v) is 6.55. The van der Waals surface area contributed by atoms with Crippen molar-refractivity contribution in [2.45, 2.75) is 19.5 Å². The molecule has 0 aromatic heterocycles. The number of halogens is 3. The maximum absolute atomic E-state index is 6.12. The molecule has 0 heterocycles. The van der Waals surface area contributed by atoms with E-state index >= 15 is 0 Å². The van der Waals surface area contributed by atoms with Gasteiger partial charge < -0.3 is 10.2 Å². The van der Waals surface area contributed by atoms with Crippen molar-refractivity contribution in [3.05, 3.63) is 32.8 Å². The lowest BCUT2D eigenvalue weighted by molar-refractivity contribution is 0.349. The van der Waals surface area contributed by atoms with Crippen molar-refractivity contribution in [1.82, 2.24) is 10.2 Å². The van der Waals surface area contributed by atoms with Crippen LogP contribution in [0.2, 0.25) is 15.1 Å². The van der Waals surface area contributed by atoms with Crippen LogP contribution in [0.15, 0.2) is 12.1 Å². The standard InChI is InChI=1S/C12H17Cl3N2/c1-8(7-17(2)3)16-6-9-10(13)4-5-11(14)12(9)15/h4-5,8,16H,6-7H2,1-3H3. The molecular formula is C12H17Cl3N2. The third-order valence-corrected chi connectivity index (χ3v) is 3.60. The Morgan fingerprint density at radius 3 is 2.35 bits per heavy atom. The van der Waals surface area contributed by atoms with Crippen molar-refractivity contribution >= 4 is 34.8 Å². The number of rotatable bonds is 5. The molecule has 0 radical (unpaired) electrons. The van der Waals surface area contributed by atoms with Gasteiger partial charge in [-0.1, -0.05) is 34.8 Å². The number of nitrogens with zero attached hydrogens (tertiary/aromatic N) is 1. The highest BCUT2D eigenvalue weighted by Gasteiger charge is 2.11. The summed E-state index contributed by atoms with van der Waals surface area (Å²) in [4.78, 5) is 2.12. The van der Waals surface area contributed by atoms with Crippen LogP contribution in [0.3, 0.4) is 0 Å². The molecule has 0 bridgehead atoms. The third kappa shape index (κ3) is 4.65. The summed E-state index contributed by atoms with van der Waals surface area (Å²) in [6.45, 7) is 3.69. The Kier molecular flexibility index (Phi) is 6.04.